The SMILES string of the molecule is CCc1cnc(N(CCc2ccc(OC(C)(C)C(=O)O)cc2)Cc2cccs2)nc1. The van der Waals surface area contributed by atoms with Crippen molar-refractivity contribution >= 4 is 23.3 Å². The Kier molecular flexibility index (Phi) is 7.05. The lowest BCUT2D eigenvalue weighted by Crippen LogP contribution is -2.37. The van der Waals surface area contributed by atoms with Gasteiger partial charge in [0.1, 0.15) is 5.75 Å². The number of anilines is 1. The molecule has 0 radical (unpaired) electrons. The lowest BCUT2D eigenvalue weighted by atomic mass is 10.1. The van der Waals surface area contributed by atoms with Gasteiger partial charge in [-0.2, -0.15) is 0 Å². The zero-order chi connectivity index (χ0) is 21.6. The molecule has 0 unspecified atom stereocenters. The molecule has 0 atom stereocenters. The van der Waals surface area contributed by atoms with E-state index in [0.29, 0.717) is 5.75 Å². The summed E-state index contributed by atoms with van der Waals surface area (Å²) in [4.78, 5) is 23.8. The van der Waals surface area contributed by atoms with Crippen molar-refractivity contribution in [1.29, 1.82) is 0 Å². The molecule has 0 spiro atoms. The van der Waals surface area contributed by atoms with E-state index < -0.39 is 11.6 Å². The third kappa shape index (κ3) is 5.79. The van der Waals surface area contributed by atoms with Crippen LogP contribution in [0.15, 0.2) is 54.2 Å². The van der Waals surface area contributed by atoms with Crippen molar-refractivity contribution in [1.82, 2.24) is 9.97 Å². The number of nitrogens with zero attached hydrogens (tertiary/aromatic N) is 3. The van der Waals surface area contributed by atoms with Crippen LogP contribution in [0, 0.1) is 0 Å². The highest BCUT2D eigenvalue weighted by molar-refractivity contribution is 7.09. The van der Waals surface area contributed by atoms with Crippen LogP contribution in [0.1, 0.15) is 36.8 Å². The number of hydrogen-bond donors (Lipinski definition) is 1. The van der Waals surface area contributed by atoms with Crippen LogP contribution >= 0.6 is 11.3 Å². The van der Waals surface area contributed by atoms with Crippen molar-refractivity contribution in [2.45, 2.75) is 45.8 Å². The molecular weight excluding hydrogens is 398 g/mol. The predicted molar refractivity (Wildman–Crippen MR) is 119 cm³/mol. The summed E-state index contributed by atoms with van der Waals surface area (Å²) in [5.41, 5.74) is 0.993. The zero-order valence-corrected chi connectivity index (χ0v) is 18.4. The van der Waals surface area contributed by atoms with Crippen molar-refractivity contribution in [3.63, 3.8) is 0 Å². The van der Waals surface area contributed by atoms with Gasteiger partial charge in [0.2, 0.25) is 5.95 Å². The van der Waals surface area contributed by atoms with E-state index in [1.54, 1.807) is 11.3 Å². The maximum atomic E-state index is 11.2. The van der Waals surface area contributed by atoms with Crippen LogP contribution in [0.5, 0.6) is 5.75 Å². The summed E-state index contributed by atoms with van der Waals surface area (Å²) in [6, 6.07) is 11.7. The highest BCUT2D eigenvalue weighted by Gasteiger charge is 2.29. The molecule has 1 aromatic carbocycles. The molecule has 0 aliphatic rings. The number of hydrogen-bond acceptors (Lipinski definition) is 6. The summed E-state index contributed by atoms with van der Waals surface area (Å²) < 4.78 is 5.58. The van der Waals surface area contributed by atoms with E-state index in [2.05, 4.69) is 39.3 Å². The quantitative estimate of drug-likeness (QED) is 0.512. The first-order valence-electron chi connectivity index (χ1n) is 9.97. The standard InChI is InChI=1S/C23H27N3O3S/c1-4-17-14-24-22(25-15-17)26(16-20-6-5-13-30-20)12-11-18-7-9-19(10-8-18)29-23(2,3)21(27)28/h5-10,13-15H,4,11-12,16H2,1-3H3,(H,27,28). The van der Waals surface area contributed by atoms with Crippen molar-refractivity contribution in [2.24, 2.45) is 0 Å². The minimum absolute atomic E-state index is 0.542. The van der Waals surface area contributed by atoms with Crippen molar-refractivity contribution in [2.75, 3.05) is 11.4 Å². The van der Waals surface area contributed by atoms with Gasteiger partial charge in [-0.3, -0.25) is 0 Å². The molecule has 2 heterocycles. The second kappa shape index (κ2) is 9.71. The summed E-state index contributed by atoms with van der Waals surface area (Å²) in [6.45, 7) is 6.69. The third-order valence-electron chi connectivity index (χ3n) is 4.79. The number of aromatic nitrogens is 2. The summed E-state index contributed by atoms with van der Waals surface area (Å²) in [5.74, 6) is 0.272. The monoisotopic (exact) mass is 425 g/mol. The second-order valence-corrected chi connectivity index (χ2v) is 8.59. The Bertz CT molecular complexity index is 939. The molecule has 3 aromatic rings. The molecule has 7 heteroatoms. The highest BCUT2D eigenvalue weighted by atomic mass is 32.1. The molecule has 0 aliphatic carbocycles. The Labute approximate surface area is 181 Å². The number of benzene rings is 1. The zero-order valence-electron chi connectivity index (χ0n) is 17.5. The molecule has 6 nitrogen and oxygen atoms in total. The van der Waals surface area contributed by atoms with Gasteiger partial charge >= 0.3 is 5.97 Å². The minimum Gasteiger partial charge on any atom is -0.478 e. The minimum atomic E-state index is -1.26. The number of rotatable bonds is 10. The third-order valence-corrected chi connectivity index (χ3v) is 5.65. The molecule has 0 fully saturated rings. The van der Waals surface area contributed by atoms with Gasteiger partial charge in [0, 0.05) is 23.8 Å². The van der Waals surface area contributed by atoms with Crippen LogP contribution in [0.2, 0.25) is 0 Å². The maximum Gasteiger partial charge on any atom is 0.347 e. The Hall–Kier alpha value is -2.93. The largest absolute Gasteiger partial charge is 0.478 e. The number of aryl methyl sites for hydroxylation is 1. The Morgan fingerprint density at radius 2 is 1.83 bits per heavy atom. The molecule has 0 amide bonds. The van der Waals surface area contributed by atoms with E-state index in [-0.39, 0.29) is 0 Å². The topological polar surface area (TPSA) is 75.6 Å². The molecule has 30 heavy (non-hydrogen) atoms. The average Bonchev–Trinajstić information content (AvgIpc) is 3.25. The Morgan fingerprint density at radius 1 is 1.13 bits per heavy atom. The van der Waals surface area contributed by atoms with E-state index >= 15 is 0 Å². The van der Waals surface area contributed by atoms with Crippen LogP contribution in [0.3, 0.4) is 0 Å². The average molecular weight is 426 g/mol. The molecular formula is C23H27N3O3S. The smallest absolute Gasteiger partial charge is 0.347 e. The van der Waals surface area contributed by atoms with E-state index in [4.69, 9.17) is 4.74 Å². The van der Waals surface area contributed by atoms with Crippen LogP contribution in [-0.2, 0) is 24.2 Å². The van der Waals surface area contributed by atoms with Gasteiger partial charge < -0.3 is 14.7 Å². The maximum absolute atomic E-state index is 11.2. The number of aliphatic carboxylic acids is 1. The number of thiophene rings is 1. The van der Waals surface area contributed by atoms with Gasteiger partial charge in [-0.15, -0.1) is 11.3 Å². The summed E-state index contributed by atoms with van der Waals surface area (Å²) in [6.07, 6.45) is 5.51. The van der Waals surface area contributed by atoms with Gasteiger partial charge in [0.05, 0.1) is 6.54 Å². The number of carboxylic acid groups (broad SMARTS) is 1. The van der Waals surface area contributed by atoms with E-state index in [1.807, 2.05) is 36.7 Å². The summed E-state index contributed by atoms with van der Waals surface area (Å²) in [7, 11) is 0. The first-order valence-corrected chi connectivity index (χ1v) is 10.8. The number of ether oxygens (including phenoxy) is 1. The van der Waals surface area contributed by atoms with Crippen molar-refractivity contribution < 1.29 is 14.6 Å². The first-order chi connectivity index (χ1) is 14.4. The number of carbonyl (C=O) groups is 1. The second-order valence-electron chi connectivity index (χ2n) is 7.56. The van der Waals surface area contributed by atoms with Gasteiger partial charge in [0.15, 0.2) is 5.60 Å². The van der Waals surface area contributed by atoms with Gasteiger partial charge in [-0.05, 0) is 61.4 Å². The molecule has 1 N–H and O–H groups in total. The van der Waals surface area contributed by atoms with Gasteiger partial charge in [0.25, 0.3) is 0 Å². The number of carboxylic acids is 1. The van der Waals surface area contributed by atoms with Gasteiger partial charge in [-0.1, -0.05) is 25.1 Å². The molecule has 3 rings (SSSR count). The van der Waals surface area contributed by atoms with E-state index in [0.717, 1.165) is 43.0 Å². The molecule has 0 saturated carbocycles. The lowest BCUT2D eigenvalue weighted by Gasteiger charge is -2.23. The Balaban J connectivity index is 1.68. The fraction of sp³-hybridized carbons (Fsp3) is 0.348. The van der Waals surface area contributed by atoms with Gasteiger partial charge in [-0.25, -0.2) is 14.8 Å². The van der Waals surface area contributed by atoms with Crippen LogP contribution in [-0.4, -0.2) is 33.2 Å². The molecule has 2 aromatic heterocycles. The normalized spacial score (nSPS) is 11.3. The van der Waals surface area contributed by atoms with E-state index in [1.165, 1.54) is 18.7 Å². The van der Waals surface area contributed by atoms with Crippen molar-refractivity contribution in [3.8, 4) is 5.75 Å². The predicted octanol–water partition coefficient (Wildman–Crippen LogP) is 4.59. The highest BCUT2D eigenvalue weighted by Crippen LogP contribution is 2.21. The molecule has 158 valence electrons. The molecule has 0 aliphatic heterocycles. The fourth-order valence-corrected chi connectivity index (χ4v) is 3.58. The van der Waals surface area contributed by atoms with E-state index in [9.17, 15) is 9.90 Å². The lowest BCUT2D eigenvalue weighted by molar-refractivity contribution is -0.152. The Morgan fingerprint density at radius 3 is 2.40 bits per heavy atom. The van der Waals surface area contributed by atoms with Crippen LogP contribution < -0.4 is 9.64 Å². The van der Waals surface area contributed by atoms with Crippen LogP contribution in [0.25, 0.3) is 0 Å². The summed E-state index contributed by atoms with van der Waals surface area (Å²) in [5, 5.41) is 11.3. The summed E-state index contributed by atoms with van der Waals surface area (Å²) >= 11 is 1.72. The fourth-order valence-electron chi connectivity index (χ4n) is 2.86. The van der Waals surface area contributed by atoms with Crippen molar-refractivity contribution in [3.05, 3.63) is 70.2 Å². The molecule has 0 bridgehead atoms. The molecule has 0 saturated heterocycles. The van der Waals surface area contributed by atoms with Crippen LogP contribution in [0.4, 0.5) is 5.95 Å². The first kappa shape index (κ1) is 21.8.